The van der Waals surface area contributed by atoms with Crippen molar-refractivity contribution in [2.24, 2.45) is 0 Å². The summed E-state index contributed by atoms with van der Waals surface area (Å²) in [6, 6.07) is 22.3. The molecule has 0 spiro atoms. The molecule has 0 saturated heterocycles. The predicted molar refractivity (Wildman–Crippen MR) is 127 cm³/mol. The zero-order valence-electron chi connectivity index (χ0n) is 18.3. The van der Waals surface area contributed by atoms with Crippen molar-refractivity contribution in [3.63, 3.8) is 0 Å². The Hall–Kier alpha value is -3.52. The van der Waals surface area contributed by atoms with Gasteiger partial charge < -0.3 is 4.90 Å². The van der Waals surface area contributed by atoms with E-state index in [2.05, 4.69) is 10.2 Å². The van der Waals surface area contributed by atoms with Crippen molar-refractivity contribution in [1.29, 1.82) is 0 Å². The first-order valence-corrected chi connectivity index (χ1v) is 12.0. The van der Waals surface area contributed by atoms with E-state index < -0.39 is 0 Å². The monoisotopic (exact) mass is 476 g/mol. The summed E-state index contributed by atoms with van der Waals surface area (Å²) < 4.78 is 29.6. The Morgan fingerprint density at radius 3 is 2.35 bits per heavy atom. The van der Waals surface area contributed by atoms with Crippen molar-refractivity contribution in [2.75, 3.05) is 5.75 Å². The van der Waals surface area contributed by atoms with Crippen LogP contribution in [0, 0.1) is 11.6 Å². The van der Waals surface area contributed by atoms with Crippen LogP contribution in [0.4, 0.5) is 8.78 Å². The van der Waals surface area contributed by atoms with Gasteiger partial charge in [0.15, 0.2) is 11.0 Å². The minimum absolute atomic E-state index is 0.0214. The molecule has 1 aliphatic carbocycles. The molecule has 1 aromatic heterocycles. The molecule has 8 heteroatoms. The smallest absolute Gasteiger partial charge is 0.233 e. The first-order valence-electron chi connectivity index (χ1n) is 11.0. The molecule has 0 bridgehead atoms. The second-order valence-electron chi connectivity index (χ2n) is 8.12. The van der Waals surface area contributed by atoms with Gasteiger partial charge in [-0.3, -0.25) is 9.36 Å². The first kappa shape index (κ1) is 22.3. The highest BCUT2D eigenvalue weighted by molar-refractivity contribution is 7.99. The highest BCUT2D eigenvalue weighted by atomic mass is 32.2. The van der Waals surface area contributed by atoms with Crippen LogP contribution in [-0.2, 0) is 11.3 Å². The number of halogens is 2. The summed E-state index contributed by atoms with van der Waals surface area (Å²) >= 11 is 1.27. The minimum atomic E-state index is -0.390. The fourth-order valence-electron chi connectivity index (χ4n) is 3.79. The topological polar surface area (TPSA) is 51.0 Å². The Labute approximate surface area is 200 Å². The zero-order valence-corrected chi connectivity index (χ0v) is 19.1. The van der Waals surface area contributed by atoms with Gasteiger partial charge in [0.25, 0.3) is 0 Å². The number of hydrogen-bond donors (Lipinski definition) is 0. The van der Waals surface area contributed by atoms with Crippen LogP contribution in [0.3, 0.4) is 0 Å². The molecule has 1 fully saturated rings. The molecular formula is C26H22F2N4OS. The zero-order chi connectivity index (χ0) is 23.5. The average molecular weight is 477 g/mol. The molecule has 0 N–H and O–H groups in total. The number of para-hydroxylation sites is 1. The van der Waals surface area contributed by atoms with E-state index in [1.165, 1.54) is 30.0 Å². The third-order valence-electron chi connectivity index (χ3n) is 5.66. The fraction of sp³-hybridized carbons (Fsp3) is 0.192. The molecule has 5 nitrogen and oxygen atoms in total. The van der Waals surface area contributed by atoms with Gasteiger partial charge in [0.2, 0.25) is 5.91 Å². The minimum Gasteiger partial charge on any atom is -0.335 e. The number of rotatable bonds is 8. The van der Waals surface area contributed by atoms with Gasteiger partial charge in [-0.1, -0.05) is 54.2 Å². The fourth-order valence-corrected chi connectivity index (χ4v) is 4.63. The highest BCUT2D eigenvalue weighted by Gasteiger charge is 2.32. The lowest BCUT2D eigenvalue weighted by molar-refractivity contribution is -0.129. The van der Waals surface area contributed by atoms with Gasteiger partial charge in [-0.25, -0.2) is 8.78 Å². The van der Waals surface area contributed by atoms with E-state index in [1.807, 2.05) is 35.2 Å². The summed E-state index contributed by atoms with van der Waals surface area (Å²) in [6.45, 7) is 0.441. The molecule has 34 heavy (non-hydrogen) atoms. The van der Waals surface area contributed by atoms with Gasteiger partial charge in [0.05, 0.1) is 11.3 Å². The van der Waals surface area contributed by atoms with Gasteiger partial charge in [0.1, 0.15) is 11.6 Å². The molecule has 1 aliphatic rings. The van der Waals surface area contributed by atoms with Crippen LogP contribution in [0.5, 0.6) is 0 Å². The lowest BCUT2D eigenvalue weighted by atomic mass is 10.2. The van der Waals surface area contributed by atoms with Crippen molar-refractivity contribution in [1.82, 2.24) is 19.7 Å². The van der Waals surface area contributed by atoms with Crippen molar-refractivity contribution in [3.8, 4) is 17.1 Å². The van der Waals surface area contributed by atoms with E-state index in [0.29, 0.717) is 23.1 Å². The number of carbonyl (C=O) groups is 1. The van der Waals surface area contributed by atoms with Crippen LogP contribution in [0.2, 0.25) is 0 Å². The molecule has 0 atom stereocenters. The summed E-state index contributed by atoms with van der Waals surface area (Å²) in [5.41, 5.74) is 2.01. The maximum atomic E-state index is 14.6. The Morgan fingerprint density at radius 1 is 0.941 bits per heavy atom. The second-order valence-corrected chi connectivity index (χ2v) is 9.07. The van der Waals surface area contributed by atoms with E-state index in [1.54, 1.807) is 34.9 Å². The summed E-state index contributed by atoms with van der Waals surface area (Å²) in [4.78, 5) is 15.0. The van der Waals surface area contributed by atoms with Gasteiger partial charge in [0, 0.05) is 18.3 Å². The van der Waals surface area contributed by atoms with Gasteiger partial charge in [-0.2, -0.15) is 0 Å². The van der Waals surface area contributed by atoms with Crippen LogP contribution in [0.25, 0.3) is 17.1 Å². The van der Waals surface area contributed by atoms with Gasteiger partial charge >= 0.3 is 0 Å². The molecule has 3 aromatic carbocycles. The number of nitrogens with zero attached hydrogens (tertiary/aromatic N) is 4. The molecule has 5 rings (SSSR count). The third kappa shape index (κ3) is 4.87. The lowest BCUT2D eigenvalue weighted by Crippen LogP contribution is -2.34. The largest absolute Gasteiger partial charge is 0.335 e. The number of amides is 1. The maximum absolute atomic E-state index is 14.6. The standard InChI is InChI=1S/C26H22F2N4OS/c27-19-12-10-18(11-13-19)16-31(20-14-15-20)24(33)17-34-26-30-29-25(22-8-4-5-9-23(22)28)32(26)21-6-2-1-3-7-21/h1-13,20H,14-17H2. The van der Waals surface area contributed by atoms with Crippen molar-refractivity contribution in [3.05, 3.63) is 96.1 Å². The number of carbonyl (C=O) groups excluding carboxylic acids is 1. The Bertz CT molecular complexity index is 1290. The third-order valence-corrected chi connectivity index (χ3v) is 6.58. The van der Waals surface area contributed by atoms with Crippen molar-refractivity contribution < 1.29 is 13.6 Å². The van der Waals surface area contributed by atoms with Crippen molar-refractivity contribution >= 4 is 17.7 Å². The quantitative estimate of drug-likeness (QED) is 0.315. The number of hydrogen-bond acceptors (Lipinski definition) is 4. The van der Waals surface area contributed by atoms with Crippen LogP contribution < -0.4 is 0 Å². The number of aromatic nitrogens is 3. The molecule has 0 unspecified atom stereocenters. The van der Waals surface area contributed by atoms with E-state index in [4.69, 9.17) is 0 Å². The molecule has 0 aliphatic heterocycles. The highest BCUT2D eigenvalue weighted by Crippen LogP contribution is 2.32. The van der Waals surface area contributed by atoms with Crippen LogP contribution in [0.1, 0.15) is 18.4 Å². The summed E-state index contributed by atoms with van der Waals surface area (Å²) in [5, 5.41) is 9.06. The van der Waals surface area contributed by atoms with Crippen LogP contribution >= 0.6 is 11.8 Å². The molecule has 4 aromatic rings. The molecule has 0 radical (unpaired) electrons. The maximum Gasteiger partial charge on any atom is 0.233 e. The van der Waals surface area contributed by atoms with Gasteiger partial charge in [-0.05, 0) is 54.8 Å². The summed E-state index contributed by atoms with van der Waals surface area (Å²) in [7, 11) is 0. The normalized spacial score (nSPS) is 13.1. The van der Waals surface area contributed by atoms with Gasteiger partial charge in [-0.15, -0.1) is 10.2 Å². The SMILES string of the molecule is O=C(CSc1nnc(-c2ccccc2F)n1-c1ccccc1)N(Cc1ccc(F)cc1)C1CC1. The summed E-state index contributed by atoms with van der Waals surface area (Å²) in [5.74, 6) is -0.162. The number of thioether (sulfide) groups is 1. The van der Waals surface area contributed by atoms with Crippen LogP contribution in [0.15, 0.2) is 84.0 Å². The van der Waals surface area contributed by atoms with E-state index in [0.717, 1.165) is 24.1 Å². The molecular weight excluding hydrogens is 454 g/mol. The first-order chi connectivity index (χ1) is 16.6. The van der Waals surface area contributed by atoms with Crippen molar-refractivity contribution in [2.45, 2.75) is 30.6 Å². The Balaban J connectivity index is 1.39. The molecule has 172 valence electrons. The van der Waals surface area contributed by atoms with E-state index in [-0.39, 0.29) is 29.3 Å². The summed E-state index contributed by atoms with van der Waals surface area (Å²) in [6.07, 6.45) is 1.93. The second kappa shape index (κ2) is 9.77. The Kier molecular flexibility index (Phi) is 6.40. The molecule has 1 saturated carbocycles. The van der Waals surface area contributed by atoms with E-state index >= 15 is 0 Å². The molecule has 1 heterocycles. The Morgan fingerprint density at radius 2 is 1.65 bits per heavy atom. The predicted octanol–water partition coefficient (Wildman–Crippen LogP) is 5.50. The molecule has 1 amide bonds. The lowest BCUT2D eigenvalue weighted by Gasteiger charge is -2.22. The number of benzene rings is 3. The average Bonchev–Trinajstić information content (AvgIpc) is 3.62. The van der Waals surface area contributed by atoms with Crippen LogP contribution in [-0.4, -0.2) is 37.4 Å². The van der Waals surface area contributed by atoms with E-state index in [9.17, 15) is 13.6 Å².